The van der Waals surface area contributed by atoms with Gasteiger partial charge in [0.2, 0.25) is 10.0 Å². The number of sulfone groups is 1. The molecule has 41 heavy (non-hydrogen) atoms. The molecule has 0 spiro atoms. The molecule has 2 aromatic carbocycles. The molecule has 1 aliphatic heterocycles. The van der Waals surface area contributed by atoms with Gasteiger partial charge < -0.3 is 19.9 Å². The SMILES string of the molecule is COc1cc(S(=O)(=O)N(C)C)ccc1NCC#Cc1cc2c(NC3CCS(=O)(=O)CC3)cccc2n1CC(F)(F)F. The smallest absolute Gasteiger partial charge is 0.406 e. The van der Waals surface area contributed by atoms with Gasteiger partial charge in [0.15, 0.2) is 0 Å². The second kappa shape index (κ2) is 11.8. The van der Waals surface area contributed by atoms with Gasteiger partial charge in [-0.05, 0) is 49.1 Å². The Hall–Kier alpha value is -3.41. The highest BCUT2D eigenvalue weighted by Gasteiger charge is 2.30. The first-order valence-electron chi connectivity index (χ1n) is 12.7. The lowest BCUT2D eigenvalue weighted by atomic mass is 10.1. The van der Waals surface area contributed by atoms with Gasteiger partial charge in [-0.3, -0.25) is 0 Å². The summed E-state index contributed by atoms with van der Waals surface area (Å²) in [4.78, 5) is 0.0481. The Bertz CT molecular complexity index is 1690. The summed E-state index contributed by atoms with van der Waals surface area (Å²) >= 11 is 0. The number of nitrogens with zero attached hydrogens (tertiary/aromatic N) is 2. The molecule has 3 aromatic rings. The van der Waals surface area contributed by atoms with Gasteiger partial charge in [-0.25, -0.2) is 21.1 Å². The molecule has 2 N–H and O–H groups in total. The molecule has 222 valence electrons. The van der Waals surface area contributed by atoms with Gasteiger partial charge >= 0.3 is 6.18 Å². The molecule has 14 heteroatoms. The van der Waals surface area contributed by atoms with Crippen molar-refractivity contribution in [3.63, 3.8) is 0 Å². The molecular formula is C27H31F3N4O5S2. The van der Waals surface area contributed by atoms with Crippen LogP contribution in [0.2, 0.25) is 0 Å². The molecule has 0 radical (unpaired) electrons. The van der Waals surface area contributed by atoms with E-state index in [2.05, 4.69) is 22.5 Å². The van der Waals surface area contributed by atoms with Gasteiger partial charge in [-0.15, -0.1) is 0 Å². The summed E-state index contributed by atoms with van der Waals surface area (Å²) < 4.78 is 96.5. The zero-order chi connectivity index (χ0) is 30.0. The van der Waals surface area contributed by atoms with E-state index in [1.54, 1.807) is 24.3 Å². The number of aromatic nitrogens is 1. The highest BCUT2D eigenvalue weighted by atomic mass is 32.2. The van der Waals surface area contributed by atoms with Crippen LogP contribution in [0.15, 0.2) is 47.4 Å². The molecule has 1 saturated heterocycles. The maximum absolute atomic E-state index is 13.5. The average Bonchev–Trinajstić information content (AvgIpc) is 3.24. The molecule has 0 aliphatic carbocycles. The quantitative estimate of drug-likeness (QED) is 0.371. The summed E-state index contributed by atoms with van der Waals surface area (Å²) in [6.07, 6.45) is -3.64. The maximum atomic E-state index is 13.5. The predicted octanol–water partition coefficient (Wildman–Crippen LogP) is 3.92. The molecule has 1 fully saturated rings. The molecule has 1 aromatic heterocycles. The van der Waals surface area contributed by atoms with E-state index >= 15 is 0 Å². The molecule has 0 saturated carbocycles. The Morgan fingerprint density at radius 1 is 1.10 bits per heavy atom. The van der Waals surface area contributed by atoms with Crippen LogP contribution in [0.5, 0.6) is 5.75 Å². The summed E-state index contributed by atoms with van der Waals surface area (Å²) in [5, 5.41) is 6.88. The van der Waals surface area contributed by atoms with E-state index in [1.807, 2.05) is 0 Å². The maximum Gasteiger partial charge on any atom is 0.406 e. The highest BCUT2D eigenvalue weighted by Crippen LogP contribution is 2.32. The van der Waals surface area contributed by atoms with Crippen LogP contribution in [-0.2, 0) is 26.4 Å². The number of sulfonamides is 1. The number of ether oxygens (including phenoxy) is 1. The lowest BCUT2D eigenvalue weighted by Crippen LogP contribution is -2.32. The Morgan fingerprint density at radius 3 is 2.44 bits per heavy atom. The number of rotatable bonds is 8. The monoisotopic (exact) mass is 612 g/mol. The van der Waals surface area contributed by atoms with Crippen molar-refractivity contribution < 1.29 is 34.7 Å². The van der Waals surface area contributed by atoms with E-state index in [-0.39, 0.29) is 40.4 Å². The van der Waals surface area contributed by atoms with Crippen molar-refractivity contribution in [1.82, 2.24) is 8.87 Å². The van der Waals surface area contributed by atoms with E-state index < -0.39 is 32.6 Å². The Labute approximate surface area is 237 Å². The lowest BCUT2D eigenvalue weighted by Gasteiger charge is -2.24. The molecule has 2 heterocycles. The first-order valence-corrected chi connectivity index (χ1v) is 16.0. The molecule has 0 unspecified atom stereocenters. The van der Waals surface area contributed by atoms with Gasteiger partial charge in [0.1, 0.15) is 22.1 Å². The van der Waals surface area contributed by atoms with Crippen molar-refractivity contribution in [3.8, 4) is 17.6 Å². The minimum absolute atomic E-state index is 0.0470. The highest BCUT2D eigenvalue weighted by molar-refractivity contribution is 7.91. The summed E-state index contributed by atoms with van der Waals surface area (Å²) in [5.74, 6) is 6.07. The van der Waals surface area contributed by atoms with Crippen molar-refractivity contribution in [2.75, 3.05) is 49.9 Å². The van der Waals surface area contributed by atoms with E-state index in [1.165, 1.54) is 39.4 Å². The Morgan fingerprint density at radius 2 is 1.80 bits per heavy atom. The summed E-state index contributed by atoms with van der Waals surface area (Å²) in [7, 11) is -2.49. The van der Waals surface area contributed by atoms with Crippen LogP contribution in [0.1, 0.15) is 18.5 Å². The largest absolute Gasteiger partial charge is 0.495 e. The van der Waals surface area contributed by atoms with Gasteiger partial charge in [-0.2, -0.15) is 13.2 Å². The standard InChI is InChI=1S/C27H31F3N4O5S2/c1-33(2)41(37,38)21-9-10-24(26(17-21)39-3)31-13-5-6-20-16-22-23(32-19-11-14-40(35,36)15-12-19)7-4-8-25(22)34(20)18-27(28,29)30/h4,7-10,16-17,19,31-32H,11-15,18H2,1-3H3. The number of halogens is 3. The average molecular weight is 613 g/mol. The molecule has 0 bridgehead atoms. The number of alkyl halides is 3. The summed E-state index contributed by atoms with van der Waals surface area (Å²) in [5.41, 5.74) is 1.61. The fourth-order valence-electron chi connectivity index (χ4n) is 4.58. The van der Waals surface area contributed by atoms with E-state index in [9.17, 15) is 30.0 Å². The van der Waals surface area contributed by atoms with Gasteiger partial charge in [0.05, 0.1) is 47.0 Å². The summed E-state index contributed by atoms with van der Waals surface area (Å²) in [6, 6.07) is 10.8. The molecule has 0 atom stereocenters. The van der Waals surface area contributed by atoms with Crippen molar-refractivity contribution in [1.29, 1.82) is 0 Å². The number of nitrogens with one attached hydrogen (secondary N) is 2. The van der Waals surface area contributed by atoms with Crippen LogP contribution in [0.4, 0.5) is 24.5 Å². The van der Waals surface area contributed by atoms with Crippen molar-refractivity contribution in [2.45, 2.75) is 36.5 Å². The van der Waals surface area contributed by atoms with E-state index in [0.29, 0.717) is 35.1 Å². The molecular weight excluding hydrogens is 581 g/mol. The van der Waals surface area contributed by atoms with Crippen LogP contribution in [0.25, 0.3) is 10.9 Å². The topological polar surface area (TPSA) is 110 Å². The Kier molecular flexibility index (Phi) is 8.81. The van der Waals surface area contributed by atoms with Crippen LogP contribution in [0, 0.1) is 11.8 Å². The van der Waals surface area contributed by atoms with Crippen LogP contribution < -0.4 is 15.4 Å². The summed E-state index contributed by atoms with van der Waals surface area (Å²) in [6.45, 7) is -1.18. The third-order valence-electron chi connectivity index (χ3n) is 6.73. The zero-order valence-corrected chi connectivity index (χ0v) is 24.4. The van der Waals surface area contributed by atoms with Gasteiger partial charge in [0.25, 0.3) is 0 Å². The third-order valence-corrected chi connectivity index (χ3v) is 10.3. The number of fused-ring (bicyclic) bond motifs is 1. The first kappa shape index (κ1) is 30.5. The van der Waals surface area contributed by atoms with Crippen LogP contribution in [-0.4, -0.2) is 77.2 Å². The normalized spacial score (nSPS) is 15.9. The first-order chi connectivity index (χ1) is 19.2. The molecule has 1 aliphatic rings. The third kappa shape index (κ3) is 7.27. The van der Waals surface area contributed by atoms with Crippen molar-refractivity contribution in [3.05, 3.63) is 48.2 Å². The lowest BCUT2D eigenvalue weighted by molar-refractivity contribution is -0.140. The van der Waals surface area contributed by atoms with E-state index in [4.69, 9.17) is 4.74 Å². The van der Waals surface area contributed by atoms with Gasteiger partial charge in [-0.1, -0.05) is 12.0 Å². The molecule has 9 nitrogen and oxygen atoms in total. The fourth-order valence-corrected chi connectivity index (χ4v) is 6.99. The predicted molar refractivity (Wildman–Crippen MR) is 153 cm³/mol. The number of hydrogen-bond donors (Lipinski definition) is 2. The second-order valence-electron chi connectivity index (χ2n) is 9.84. The fraction of sp³-hybridized carbons (Fsp3) is 0.407. The van der Waals surface area contributed by atoms with Crippen molar-refractivity contribution in [2.24, 2.45) is 0 Å². The number of methoxy groups -OCH3 is 1. The van der Waals surface area contributed by atoms with Crippen LogP contribution in [0.3, 0.4) is 0 Å². The Balaban J connectivity index is 1.59. The molecule has 4 rings (SSSR count). The number of benzene rings is 2. The van der Waals surface area contributed by atoms with E-state index in [0.717, 1.165) is 8.87 Å². The van der Waals surface area contributed by atoms with Crippen LogP contribution >= 0.6 is 0 Å². The number of anilines is 2. The zero-order valence-electron chi connectivity index (χ0n) is 22.7. The minimum atomic E-state index is -4.48. The van der Waals surface area contributed by atoms with Gasteiger partial charge in [0, 0.05) is 37.3 Å². The minimum Gasteiger partial charge on any atom is -0.495 e. The van der Waals surface area contributed by atoms with Crippen molar-refractivity contribution >= 4 is 42.1 Å². The second-order valence-corrected chi connectivity index (χ2v) is 14.3. The molecule has 0 amide bonds. The number of hydrogen-bond acceptors (Lipinski definition) is 7.